The highest BCUT2D eigenvalue weighted by molar-refractivity contribution is 5.32. The van der Waals surface area contributed by atoms with Crippen molar-refractivity contribution in [3.8, 4) is 5.69 Å². The largest absolute Gasteiger partial charge is 0.322 e. The molecule has 1 saturated carbocycles. The minimum atomic E-state index is 0.0118. The number of aromatic nitrogens is 3. The fourth-order valence-electron chi connectivity index (χ4n) is 2.09. The molecule has 4 nitrogen and oxygen atoms in total. The van der Waals surface area contributed by atoms with Gasteiger partial charge in [0.15, 0.2) is 0 Å². The van der Waals surface area contributed by atoms with E-state index in [9.17, 15) is 0 Å². The molecule has 2 N–H and O–H groups in total. The van der Waals surface area contributed by atoms with Crippen molar-refractivity contribution < 1.29 is 0 Å². The Bertz CT molecular complexity index is 513. The number of nitrogens with zero attached hydrogens (tertiary/aromatic N) is 3. The summed E-state index contributed by atoms with van der Waals surface area (Å²) in [5, 5.41) is 8.13. The van der Waals surface area contributed by atoms with Crippen molar-refractivity contribution in [2.24, 2.45) is 11.1 Å². The van der Waals surface area contributed by atoms with E-state index in [2.05, 4.69) is 17.2 Å². The highest BCUT2D eigenvalue weighted by atomic mass is 15.4. The summed E-state index contributed by atoms with van der Waals surface area (Å²) >= 11 is 0. The number of benzene rings is 1. The predicted molar refractivity (Wildman–Crippen MR) is 65.6 cm³/mol. The first kappa shape index (κ1) is 10.5. The summed E-state index contributed by atoms with van der Waals surface area (Å²) in [6.07, 6.45) is 4.16. The maximum Gasteiger partial charge on any atom is 0.0818 e. The molecule has 1 fully saturated rings. The summed E-state index contributed by atoms with van der Waals surface area (Å²) < 4.78 is 1.84. The molecule has 1 aromatic carbocycles. The molecule has 3 rings (SSSR count). The number of rotatable bonds is 3. The van der Waals surface area contributed by atoms with Crippen LogP contribution in [0.1, 0.15) is 31.5 Å². The summed E-state index contributed by atoms with van der Waals surface area (Å²) in [5.74, 6) is 0. The molecule has 0 radical (unpaired) electrons. The van der Waals surface area contributed by atoms with E-state index in [-0.39, 0.29) is 11.5 Å². The molecule has 0 bridgehead atoms. The van der Waals surface area contributed by atoms with Crippen LogP contribution in [0.3, 0.4) is 0 Å². The molecule has 0 aliphatic heterocycles. The fourth-order valence-corrected chi connectivity index (χ4v) is 2.09. The van der Waals surface area contributed by atoms with Crippen LogP contribution in [0, 0.1) is 5.41 Å². The van der Waals surface area contributed by atoms with Gasteiger partial charge in [-0.1, -0.05) is 30.3 Å². The van der Waals surface area contributed by atoms with Crippen LogP contribution in [0.2, 0.25) is 0 Å². The molecular formula is C13H16N4. The summed E-state index contributed by atoms with van der Waals surface area (Å²) in [6, 6.07) is 10.0. The van der Waals surface area contributed by atoms with Gasteiger partial charge in [-0.25, -0.2) is 4.68 Å². The number of hydrogen-bond acceptors (Lipinski definition) is 3. The molecule has 1 aromatic heterocycles. The molecule has 1 heterocycles. The smallest absolute Gasteiger partial charge is 0.0818 e. The highest BCUT2D eigenvalue weighted by Gasteiger charge is 2.45. The van der Waals surface area contributed by atoms with Crippen LogP contribution in [-0.4, -0.2) is 15.0 Å². The summed E-state index contributed by atoms with van der Waals surface area (Å²) in [4.78, 5) is 0. The molecule has 0 saturated heterocycles. The van der Waals surface area contributed by atoms with Crippen molar-refractivity contribution in [2.45, 2.75) is 25.8 Å². The second-order valence-corrected chi connectivity index (χ2v) is 5.04. The Morgan fingerprint density at radius 1 is 1.29 bits per heavy atom. The molecule has 0 amide bonds. The van der Waals surface area contributed by atoms with Crippen molar-refractivity contribution in [3.63, 3.8) is 0 Å². The third kappa shape index (κ3) is 1.74. The van der Waals surface area contributed by atoms with E-state index in [1.807, 2.05) is 35.0 Å². The molecule has 1 atom stereocenters. The second-order valence-electron chi connectivity index (χ2n) is 5.04. The van der Waals surface area contributed by atoms with Crippen LogP contribution in [0.15, 0.2) is 36.5 Å². The third-order valence-electron chi connectivity index (χ3n) is 3.68. The minimum absolute atomic E-state index is 0.0118. The Balaban J connectivity index is 2.00. The standard InChI is InChI=1S/C13H16N4/c1-13(7-8-13)12(14)11-9-15-16-17(11)10-5-3-2-4-6-10/h2-6,9,12H,7-8,14H2,1H3. The quantitative estimate of drug-likeness (QED) is 0.874. The van der Waals surface area contributed by atoms with E-state index in [0.29, 0.717) is 0 Å². The average molecular weight is 228 g/mol. The first-order valence-corrected chi connectivity index (χ1v) is 5.92. The van der Waals surface area contributed by atoms with Crippen LogP contribution in [0.5, 0.6) is 0 Å². The second kappa shape index (κ2) is 3.67. The maximum absolute atomic E-state index is 6.32. The Hall–Kier alpha value is -1.68. The van der Waals surface area contributed by atoms with Gasteiger partial charge in [0.25, 0.3) is 0 Å². The molecular weight excluding hydrogens is 212 g/mol. The zero-order valence-electron chi connectivity index (χ0n) is 9.87. The molecule has 1 aliphatic carbocycles. The van der Waals surface area contributed by atoms with Gasteiger partial charge in [-0.2, -0.15) is 0 Å². The first-order valence-electron chi connectivity index (χ1n) is 5.92. The monoisotopic (exact) mass is 228 g/mol. The van der Waals surface area contributed by atoms with Crippen LogP contribution >= 0.6 is 0 Å². The van der Waals surface area contributed by atoms with E-state index in [4.69, 9.17) is 5.73 Å². The topological polar surface area (TPSA) is 56.7 Å². The van der Waals surface area contributed by atoms with E-state index in [1.165, 1.54) is 12.8 Å². The molecule has 1 unspecified atom stereocenters. The van der Waals surface area contributed by atoms with Crippen molar-refractivity contribution in [1.29, 1.82) is 0 Å². The molecule has 4 heteroatoms. The highest BCUT2D eigenvalue weighted by Crippen LogP contribution is 2.53. The number of nitrogens with two attached hydrogens (primary N) is 1. The molecule has 88 valence electrons. The zero-order valence-corrected chi connectivity index (χ0v) is 9.87. The van der Waals surface area contributed by atoms with Crippen LogP contribution in [-0.2, 0) is 0 Å². The van der Waals surface area contributed by atoms with Gasteiger partial charge in [-0.15, -0.1) is 5.10 Å². The number of para-hydroxylation sites is 1. The molecule has 0 spiro atoms. The molecule has 2 aromatic rings. The fraction of sp³-hybridized carbons (Fsp3) is 0.385. The van der Waals surface area contributed by atoms with Gasteiger partial charge in [0.05, 0.1) is 23.6 Å². The van der Waals surface area contributed by atoms with Gasteiger partial charge in [0, 0.05) is 0 Å². The zero-order chi connectivity index (χ0) is 11.9. The van der Waals surface area contributed by atoms with Crippen molar-refractivity contribution in [1.82, 2.24) is 15.0 Å². The lowest BCUT2D eigenvalue weighted by molar-refractivity contribution is 0.433. The van der Waals surface area contributed by atoms with E-state index >= 15 is 0 Å². The third-order valence-corrected chi connectivity index (χ3v) is 3.68. The number of hydrogen-bond donors (Lipinski definition) is 1. The Labute approximate surface area is 100 Å². The van der Waals surface area contributed by atoms with Crippen LogP contribution in [0.25, 0.3) is 5.69 Å². The summed E-state index contributed by atoms with van der Waals surface area (Å²) in [7, 11) is 0. The Morgan fingerprint density at radius 2 is 2.00 bits per heavy atom. The van der Waals surface area contributed by atoms with E-state index in [1.54, 1.807) is 6.20 Å². The molecule has 17 heavy (non-hydrogen) atoms. The lowest BCUT2D eigenvalue weighted by Gasteiger charge is -2.19. The first-order chi connectivity index (χ1) is 8.21. The minimum Gasteiger partial charge on any atom is -0.322 e. The molecule has 1 aliphatic rings. The lowest BCUT2D eigenvalue weighted by atomic mass is 9.97. The van der Waals surface area contributed by atoms with E-state index in [0.717, 1.165) is 11.4 Å². The maximum atomic E-state index is 6.32. The van der Waals surface area contributed by atoms with Gasteiger partial charge in [0.2, 0.25) is 0 Å². The van der Waals surface area contributed by atoms with E-state index < -0.39 is 0 Å². The summed E-state index contributed by atoms with van der Waals surface area (Å²) in [5.41, 5.74) is 8.56. The lowest BCUT2D eigenvalue weighted by Crippen LogP contribution is -2.23. The van der Waals surface area contributed by atoms with Gasteiger partial charge in [-0.3, -0.25) is 0 Å². The van der Waals surface area contributed by atoms with Crippen LogP contribution in [0.4, 0.5) is 0 Å². The van der Waals surface area contributed by atoms with Crippen molar-refractivity contribution in [3.05, 3.63) is 42.2 Å². The SMILES string of the molecule is CC1(C(N)c2cnnn2-c2ccccc2)CC1. The van der Waals surface area contributed by atoms with Gasteiger partial charge >= 0.3 is 0 Å². The van der Waals surface area contributed by atoms with Crippen molar-refractivity contribution >= 4 is 0 Å². The predicted octanol–water partition coefficient (Wildman–Crippen LogP) is 2.07. The van der Waals surface area contributed by atoms with Gasteiger partial charge in [0.1, 0.15) is 0 Å². The van der Waals surface area contributed by atoms with Crippen LogP contribution < -0.4 is 5.73 Å². The Morgan fingerprint density at radius 3 is 2.65 bits per heavy atom. The van der Waals surface area contributed by atoms with Gasteiger partial charge < -0.3 is 5.73 Å². The normalized spacial score (nSPS) is 18.9. The summed E-state index contributed by atoms with van der Waals surface area (Å²) in [6.45, 7) is 2.22. The van der Waals surface area contributed by atoms with Crippen molar-refractivity contribution in [2.75, 3.05) is 0 Å². The average Bonchev–Trinajstić information content (AvgIpc) is 2.95. The van der Waals surface area contributed by atoms with Gasteiger partial charge in [-0.05, 0) is 30.4 Å². The Kier molecular flexibility index (Phi) is 2.26.